The predicted octanol–water partition coefficient (Wildman–Crippen LogP) is 2.67. The van der Waals surface area contributed by atoms with E-state index in [1.54, 1.807) is 0 Å². The molecule has 4 heteroatoms. The number of aromatic nitrogens is 1. The minimum Gasteiger partial charge on any atom is -0.476 e. The van der Waals surface area contributed by atoms with Gasteiger partial charge in [-0.25, -0.2) is 4.98 Å². The Balaban J connectivity index is 2.15. The minimum atomic E-state index is 0.671. The lowest BCUT2D eigenvalue weighted by Crippen LogP contribution is -2.28. The molecule has 2 rings (SSSR count). The van der Waals surface area contributed by atoms with Gasteiger partial charge in [0.2, 0.25) is 5.88 Å². The molecule has 1 aromatic heterocycles. The zero-order valence-corrected chi connectivity index (χ0v) is 13.2. The fourth-order valence-electron chi connectivity index (χ4n) is 2.48. The third-order valence-electron chi connectivity index (χ3n) is 3.75. The van der Waals surface area contributed by atoms with Crippen molar-refractivity contribution in [2.45, 2.75) is 20.4 Å². The topological polar surface area (TPSA) is 37.4 Å². The van der Waals surface area contributed by atoms with E-state index in [-0.39, 0.29) is 0 Å². The highest BCUT2D eigenvalue weighted by molar-refractivity contribution is 5.89. The number of pyridine rings is 1. The molecule has 0 unspecified atom stereocenters. The van der Waals surface area contributed by atoms with E-state index in [1.165, 1.54) is 10.9 Å². The van der Waals surface area contributed by atoms with Gasteiger partial charge < -0.3 is 15.0 Å². The standard InChI is InChI=1S/C17H25N3O/c1-4-20(5-2)10-11-21-17-16-9-7-6-8-15(16)14(12-18-3)13-19-17/h6-9,13,18H,4-5,10-12H2,1-3H3. The van der Waals surface area contributed by atoms with Gasteiger partial charge in [0, 0.05) is 24.7 Å². The number of benzene rings is 1. The van der Waals surface area contributed by atoms with Crippen LogP contribution in [0.2, 0.25) is 0 Å². The lowest BCUT2D eigenvalue weighted by Gasteiger charge is -2.18. The number of hydrogen-bond acceptors (Lipinski definition) is 4. The molecule has 0 bridgehead atoms. The number of fused-ring (bicyclic) bond motifs is 1. The van der Waals surface area contributed by atoms with Crippen LogP contribution in [-0.4, -0.2) is 43.2 Å². The molecule has 0 amide bonds. The zero-order chi connectivity index (χ0) is 15.1. The molecule has 0 atom stereocenters. The molecule has 0 spiro atoms. The number of ether oxygens (including phenoxy) is 1. The van der Waals surface area contributed by atoms with Gasteiger partial charge >= 0.3 is 0 Å². The normalized spacial score (nSPS) is 11.2. The zero-order valence-electron chi connectivity index (χ0n) is 13.2. The van der Waals surface area contributed by atoms with Gasteiger partial charge in [-0.2, -0.15) is 0 Å². The van der Waals surface area contributed by atoms with Crippen molar-refractivity contribution in [3.8, 4) is 5.88 Å². The van der Waals surface area contributed by atoms with Gasteiger partial charge in [0.25, 0.3) is 0 Å². The lowest BCUT2D eigenvalue weighted by atomic mass is 10.1. The molecule has 1 aromatic carbocycles. The van der Waals surface area contributed by atoms with Gasteiger partial charge in [0.1, 0.15) is 6.61 Å². The second-order valence-electron chi connectivity index (χ2n) is 5.04. The second kappa shape index (κ2) is 7.96. The summed E-state index contributed by atoms with van der Waals surface area (Å²) in [4.78, 5) is 6.84. The van der Waals surface area contributed by atoms with Crippen molar-refractivity contribution in [1.29, 1.82) is 0 Å². The summed E-state index contributed by atoms with van der Waals surface area (Å²) >= 11 is 0. The van der Waals surface area contributed by atoms with Crippen LogP contribution in [0.4, 0.5) is 0 Å². The smallest absolute Gasteiger partial charge is 0.221 e. The van der Waals surface area contributed by atoms with E-state index in [0.717, 1.165) is 37.4 Å². The molecule has 4 nitrogen and oxygen atoms in total. The first-order valence-corrected chi connectivity index (χ1v) is 7.66. The Hall–Kier alpha value is -1.65. The maximum atomic E-state index is 5.91. The van der Waals surface area contributed by atoms with E-state index >= 15 is 0 Å². The number of nitrogens with one attached hydrogen (secondary N) is 1. The van der Waals surface area contributed by atoms with E-state index in [4.69, 9.17) is 4.74 Å². The van der Waals surface area contributed by atoms with Crippen LogP contribution in [0.15, 0.2) is 30.5 Å². The Morgan fingerprint density at radius 3 is 2.52 bits per heavy atom. The van der Waals surface area contributed by atoms with E-state index in [2.05, 4.69) is 47.2 Å². The van der Waals surface area contributed by atoms with Crippen LogP contribution in [0.1, 0.15) is 19.4 Å². The van der Waals surface area contributed by atoms with E-state index < -0.39 is 0 Å². The molecule has 0 saturated heterocycles. The first-order valence-electron chi connectivity index (χ1n) is 7.66. The summed E-state index contributed by atoms with van der Waals surface area (Å²) in [5.41, 5.74) is 1.20. The molecule has 0 aliphatic carbocycles. The Morgan fingerprint density at radius 2 is 1.86 bits per heavy atom. The van der Waals surface area contributed by atoms with Crippen LogP contribution in [0.25, 0.3) is 10.8 Å². The van der Waals surface area contributed by atoms with Gasteiger partial charge in [0.05, 0.1) is 0 Å². The Bertz CT molecular complexity index is 567. The lowest BCUT2D eigenvalue weighted by molar-refractivity contribution is 0.219. The summed E-state index contributed by atoms with van der Waals surface area (Å²) in [5.74, 6) is 0.734. The van der Waals surface area contributed by atoms with Crippen LogP contribution in [0.5, 0.6) is 5.88 Å². The number of likely N-dealkylation sites (N-methyl/N-ethyl adjacent to an activating group) is 1. The van der Waals surface area contributed by atoms with Crippen LogP contribution >= 0.6 is 0 Å². The molecule has 0 saturated carbocycles. The molecule has 0 aliphatic rings. The second-order valence-corrected chi connectivity index (χ2v) is 5.04. The number of hydrogen-bond donors (Lipinski definition) is 1. The van der Waals surface area contributed by atoms with Gasteiger partial charge in [-0.3, -0.25) is 0 Å². The molecular weight excluding hydrogens is 262 g/mol. The summed E-state index contributed by atoms with van der Waals surface area (Å²) in [6, 6.07) is 8.29. The van der Waals surface area contributed by atoms with E-state index in [0.29, 0.717) is 6.61 Å². The van der Waals surface area contributed by atoms with Crippen molar-refractivity contribution in [3.63, 3.8) is 0 Å². The van der Waals surface area contributed by atoms with Crippen LogP contribution in [0, 0.1) is 0 Å². The Labute approximate surface area is 127 Å². The molecule has 1 N–H and O–H groups in total. The summed E-state index contributed by atoms with van der Waals surface area (Å²) in [5, 5.41) is 5.48. The molecule has 2 aromatic rings. The average molecular weight is 287 g/mol. The molecule has 0 aliphatic heterocycles. The van der Waals surface area contributed by atoms with Gasteiger partial charge in [-0.1, -0.05) is 32.0 Å². The van der Waals surface area contributed by atoms with Gasteiger partial charge in [-0.05, 0) is 37.2 Å². The summed E-state index contributed by atoms with van der Waals surface area (Å²) < 4.78 is 5.91. The highest BCUT2D eigenvalue weighted by Crippen LogP contribution is 2.26. The average Bonchev–Trinajstić information content (AvgIpc) is 2.53. The summed E-state index contributed by atoms with van der Waals surface area (Å²) in [7, 11) is 1.95. The fraction of sp³-hybridized carbons (Fsp3) is 0.471. The molecular formula is C17H25N3O. The first kappa shape index (κ1) is 15.7. The minimum absolute atomic E-state index is 0.671. The summed E-state index contributed by atoms with van der Waals surface area (Å²) in [6.07, 6.45) is 1.91. The molecule has 21 heavy (non-hydrogen) atoms. The molecule has 0 radical (unpaired) electrons. The van der Waals surface area contributed by atoms with E-state index in [1.807, 2.05) is 19.3 Å². The van der Waals surface area contributed by atoms with Crippen molar-refractivity contribution in [3.05, 3.63) is 36.0 Å². The molecule has 114 valence electrons. The van der Waals surface area contributed by atoms with Gasteiger partial charge in [0.15, 0.2) is 0 Å². The highest BCUT2D eigenvalue weighted by atomic mass is 16.5. The SMILES string of the molecule is CCN(CC)CCOc1ncc(CNC)c2ccccc12. The first-order chi connectivity index (χ1) is 10.3. The maximum Gasteiger partial charge on any atom is 0.221 e. The largest absolute Gasteiger partial charge is 0.476 e. The molecule has 1 heterocycles. The van der Waals surface area contributed by atoms with Crippen LogP contribution in [-0.2, 0) is 6.54 Å². The van der Waals surface area contributed by atoms with Crippen molar-refractivity contribution in [1.82, 2.24) is 15.2 Å². The van der Waals surface area contributed by atoms with Crippen molar-refractivity contribution in [2.24, 2.45) is 0 Å². The number of nitrogens with zero attached hydrogens (tertiary/aromatic N) is 2. The Kier molecular flexibility index (Phi) is 5.96. The van der Waals surface area contributed by atoms with Crippen LogP contribution < -0.4 is 10.1 Å². The summed E-state index contributed by atoms with van der Waals surface area (Å²) in [6.45, 7) is 8.86. The fourth-order valence-corrected chi connectivity index (χ4v) is 2.48. The monoisotopic (exact) mass is 287 g/mol. The third kappa shape index (κ3) is 3.93. The van der Waals surface area contributed by atoms with E-state index in [9.17, 15) is 0 Å². The molecule has 0 fully saturated rings. The van der Waals surface area contributed by atoms with Gasteiger partial charge in [-0.15, -0.1) is 0 Å². The number of rotatable bonds is 8. The maximum absolute atomic E-state index is 5.91. The Morgan fingerprint density at radius 1 is 1.14 bits per heavy atom. The van der Waals surface area contributed by atoms with Crippen molar-refractivity contribution in [2.75, 3.05) is 33.3 Å². The third-order valence-corrected chi connectivity index (χ3v) is 3.75. The highest BCUT2D eigenvalue weighted by Gasteiger charge is 2.08. The quantitative estimate of drug-likeness (QED) is 0.810. The van der Waals surface area contributed by atoms with Crippen molar-refractivity contribution < 1.29 is 4.74 Å². The van der Waals surface area contributed by atoms with Crippen molar-refractivity contribution >= 4 is 10.8 Å². The predicted molar refractivity (Wildman–Crippen MR) is 87.8 cm³/mol. The van der Waals surface area contributed by atoms with Crippen LogP contribution in [0.3, 0.4) is 0 Å².